The highest BCUT2D eigenvalue weighted by Crippen LogP contribution is 2.33. The van der Waals surface area contributed by atoms with E-state index in [0.29, 0.717) is 0 Å². The molecule has 0 radical (unpaired) electrons. The molecule has 0 heterocycles. The average molecular weight is 287 g/mol. The molecule has 0 fully saturated rings. The molecule has 0 saturated heterocycles. The first-order valence-electron chi connectivity index (χ1n) is 5.01. The minimum Gasteiger partial charge on any atom is -0.304 e. The Hall–Kier alpha value is -1.85. The first-order chi connectivity index (χ1) is 8.96. The summed E-state index contributed by atoms with van der Waals surface area (Å²) in [5.41, 5.74) is -0.246. The Balaban J connectivity index is 3.29. The van der Waals surface area contributed by atoms with Crippen molar-refractivity contribution in [3.05, 3.63) is 23.3 Å². The number of urea groups is 1. The standard InChI is InChI=1S/C11H11F2N3O2S/c1-16(18-2)11(17)15-9-6(5-14)4-7(12)8(13)10(9)19-3/h4H,1-3H3,(H,15,17). The number of nitriles is 1. The monoisotopic (exact) mass is 287 g/mol. The molecular weight excluding hydrogens is 276 g/mol. The van der Waals surface area contributed by atoms with Gasteiger partial charge >= 0.3 is 6.03 Å². The van der Waals surface area contributed by atoms with Crippen molar-refractivity contribution < 1.29 is 18.4 Å². The van der Waals surface area contributed by atoms with E-state index in [-0.39, 0.29) is 16.1 Å². The number of hydroxylamine groups is 2. The lowest BCUT2D eigenvalue weighted by molar-refractivity contribution is -0.0598. The van der Waals surface area contributed by atoms with Crippen LogP contribution in [0.1, 0.15) is 5.56 Å². The number of nitrogens with zero attached hydrogens (tertiary/aromatic N) is 2. The average Bonchev–Trinajstić information content (AvgIpc) is 2.41. The third-order valence-electron chi connectivity index (χ3n) is 2.29. The molecule has 19 heavy (non-hydrogen) atoms. The number of carbonyl (C=O) groups is 1. The molecule has 1 rings (SSSR count). The fraction of sp³-hybridized carbons (Fsp3) is 0.273. The number of amides is 2. The summed E-state index contributed by atoms with van der Waals surface area (Å²) in [4.78, 5) is 16.1. The zero-order chi connectivity index (χ0) is 14.6. The second-order valence-corrected chi connectivity index (χ2v) is 4.17. The molecule has 0 unspecified atom stereocenters. The van der Waals surface area contributed by atoms with Crippen molar-refractivity contribution in [3.63, 3.8) is 0 Å². The molecule has 0 atom stereocenters. The van der Waals surface area contributed by atoms with Crippen LogP contribution in [0.3, 0.4) is 0 Å². The van der Waals surface area contributed by atoms with Crippen molar-refractivity contribution in [1.82, 2.24) is 5.06 Å². The summed E-state index contributed by atoms with van der Waals surface area (Å²) >= 11 is 0.887. The van der Waals surface area contributed by atoms with Crippen LogP contribution in [0.2, 0.25) is 0 Å². The SMILES string of the molecule is CON(C)C(=O)Nc1c(C#N)cc(F)c(F)c1SC. The Morgan fingerprint density at radius 3 is 2.68 bits per heavy atom. The van der Waals surface area contributed by atoms with E-state index in [0.717, 1.165) is 22.9 Å². The normalized spacial score (nSPS) is 9.89. The van der Waals surface area contributed by atoms with Gasteiger partial charge in [0.05, 0.1) is 23.3 Å². The topological polar surface area (TPSA) is 65.4 Å². The Bertz CT molecular complexity index is 546. The second kappa shape index (κ2) is 6.36. The van der Waals surface area contributed by atoms with Crippen molar-refractivity contribution in [1.29, 1.82) is 5.26 Å². The number of thioether (sulfide) groups is 1. The van der Waals surface area contributed by atoms with Crippen LogP contribution in [-0.2, 0) is 4.84 Å². The van der Waals surface area contributed by atoms with Gasteiger partial charge in [0.25, 0.3) is 0 Å². The fourth-order valence-electron chi connectivity index (χ4n) is 1.28. The van der Waals surface area contributed by atoms with Crippen LogP contribution in [0.25, 0.3) is 0 Å². The molecule has 0 saturated carbocycles. The molecule has 1 N–H and O–H groups in total. The summed E-state index contributed by atoms with van der Waals surface area (Å²) in [6.45, 7) is 0. The molecule has 0 bridgehead atoms. The first-order valence-corrected chi connectivity index (χ1v) is 6.23. The molecule has 0 aromatic heterocycles. The summed E-state index contributed by atoms with van der Waals surface area (Å²) in [6.07, 6.45) is 1.51. The van der Waals surface area contributed by atoms with Gasteiger partial charge in [-0.05, 0) is 12.3 Å². The van der Waals surface area contributed by atoms with Crippen molar-refractivity contribution in [2.24, 2.45) is 0 Å². The van der Waals surface area contributed by atoms with Gasteiger partial charge in [-0.3, -0.25) is 4.84 Å². The highest BCUT2D eigenvalue weighted by Gasteiger charge is 2.21. The van der Waals surface area contributed by atoms with Crippen molar-refractivity contribution in [2.75, 3.05) is 25.7 Å². The quantitative estimate of drug-likeness (QED) is 0.685. The van der Waals surface area contributed by atoms with Gasteiger partial charge in [-0.1, -0.05) is 0 Å². The first kappa shape index (κ1) is 15.2. The molecular formula is C11H11F2N3O2S. The smallest absolute Gasteiger partial charge is 0.304 e. The maximum Gasteiger partial charge on any atom is 0.345 e. The van der Waals surface area contributed by atoms with Gasteiger partial charge in [0.2, 0.25) is 0 Å². The van der Waals surface area contributed by atoms with E-state index < -0.39 is 17.7 Å². The largest absolute Gasteiger partial charge is 0.345 e. The maximum atomic E-state index is 13.6. The molecule has 0 aliphatic carbocycles. The molecule has 0 aliphatic rings. The summed E-state index contributed by atoms with van der Waals surface area (Å²) in [7, 11) is 2.60. The van der Waals surface area contributed by atoms with E-state index in [4.69, 9.17) is 5.26 Å². The molecule has 102 valence electrons. The Kier molecular flexibility index (Phi) is 5.09. The number of nitrogens with one attached hydrogen (secondary N) is 1. The van der Waals surface area contributed by atoms with Crippen molar-refractivity contribution >= 4 is 23.5 Å². The Morgan fingerprint density at radius 2 is 2.21 bits per heavy atom. The van der Waals surface area contributed by atoms with Crippen LogP contribution in [0.5, 0.6) is 0 Å². The van der Waals surface area contributed by atoms with Gasteiger partial charge in [0.1, 0.15) is 6.07 Å². The third-order valence-corrected chi connectivity index (χ3v) is 3.08. The number of benzene rings is 1. The number of anilines is 1. The van der Waals surface area contributed by atoms with E-state index in [1.807, 2.05) is 0 Å². The lowest BCUT2D eigenvalue weighted by atomic mass is 10.2. The molecule has 1 aromatic rings. The van der Waals surface area contributed by atoms with E-state index >= 15 is 0 Å². The summed E-state index contributed by atoms with van der Waals surface area (Å²) in [5.74, 6) is -2.25. The molecule has 8 heteroatoms. The van der Waals surface area contributed by atoms with E-state index in [1.165, 1.54) is 20.4 Å². The summed E-state index contributed by atoms with van der Waals surface area (Å²) in [5, 5.41) is 12.1. The van der Waals surface area contributed by atoms with Crippen LogP contribution < -0.4 is 5.32 Å². The fourth-order valence-corrected chi connectivity index (χ4v) is 1.92. The van der Waals surface area contributed by atoms with E-state index in [9.17, 15) is 13.6 Å². The van der Waals surface area contributed by atoms with Gasteiger partial charge in [-0.15, -0.1) is 11.8 Å². The van der Waals surface area contributed by atoms with E-state index in [1.54, 1.807) is 6.07 Å². The number of carbonyl (C=O) groups excluding carboxylic acids is 1. The van der Waals surface area contributed by atoms with E-state index in [2.05, 4.69) is 10.2 Å². The lowest BCUT2D eigenvalue weighted by Gasteiger charge is -2.17. The third kappa shape index (κ3) is 3.13. The van der Waals surface area contributed by atoms with Gasteiger partial charge in [0, 0.05) is 7.05 Å². The van der Waals surface area contributed by atoms with Crippen LogP contribution in [0.4, 0.5) is 19.3 Å². The maximum absolute atomic E-state index is 13.6. The highest BCUT2D eigenvalue weighted by molar-refractivity contribution is 7.98. The van der Waals surface area contributed by atoms with Crippen molar-refractivity contribution in [3.8, 4) is 6.07 Å². The molecule has 1 aromatic carbocycles. The number of halogens is 2. The molecule has 0 aliphatic heterocycles. The minimum atomic E-state index is -1.14. The molecule has 5 nitrogen and oxygen atoms in total. The highest BCUT2D eigenvalue weighted by atomic mass is 32.2. The zero-order valence-electron chi connectivity index (χ0n) is 10.5. The van der Waals surface area contributed by atoms with Crippen LogP contribution in [0, 0.1) is 23.0 Å². The summed E-state index contributed by atoms with van der Waals surface area (Å²) in [6, 6.07) is 1.73. The predicted molar refractivity (Wildman–Crippen MR) is 66.6 cm³/mol. The van der Waals surface area contributed by atoms with Gasteiger partial charge in [-0.25, -0.2) is 18.6 Å². The minimum absolute atomic E-state index is 0.0807. The van der Waals surface area contributed by atoms with Gasteiger partial charge in [0.15, 0.2) is 11.6 Å². The lowest BCUT2D eigenvalue weighted by Crippen LogP contribution is -2.30. The predicted octanol–water partition coefficient (Wildman–Crippen LogP) is 2.58. The van der Waals surface area contributed by atoms with Crippen LogP contribution in [0.15, 0.2) is 11.0 Å². The number of hydrogen-bond donors (Lipinski definition) is 1. The summed E-state index contributed by atoms with van der Waals surface area (Å²) < 4.78 is 26.9. The Labute approximate surface area is 113 Å². The van der Waals surface area contributed by atoms with Crippen LogP contribution >= 0.6 is 11.8 Å². The van der Waals surface area contributed by atoms with Gasteiger partial charge in [-0.2, -0.15) is 5.26 Å². The second-order valence-electron chi connectivity index (χ2n) is 3.35. The number of hydrogen-bond acceptors (Lipinski definition) is 4. The number of rotatable bonds is 3. The van der Waals surface area contributed by atoms with Crippen LogP contribution in [-0.4, -0.2) is 31.5 Å². The van der Waals surface area contributed by atoms with Gasteiger partial charge < -0.3 is 5.32 Å². The Morgan fingerprint density at radius 1 is 1.58 bits per heavy atom. The molecule has 2 amide bonds. The zero-order valence-corrected chi connectivity index (χ0v) is 11.3. The van der Waals surface area contributed by atoms with Crippen molar-refractivity contribution in [2.45, 2.75) is 4.90 Å². The molecule has 0 spiro atoms.